The molecule has 3 heteroatoms. The number of anilines is 1. The van der Waals surface area contributed by atoms with Gasteiger partial charge in [-0.15, -0.1) is 0 Å². The molecule has 0 aliphatic heterocycles. The van der Waals surface area contributed by atoms with E-state index in [1.165, 1.54) is 0 Å². The summed E-state index contributed by atoms with van der Waals surface area (Å²) in [5.74, 6) is 0. The second-order valence-corrected chi connectivity index (χ2v) is 3.00. The summed E-state index contributed by atoms with van der Waals surface area (Å²) in [5.41, 5.74) is 9.49. The normalized spacial score (nSPS) is 10.8. The van der Waals surface area contributed by atoms with Crippen LogP contribution in [0.1, 0.15) is 11.4 Å². The quantitative estimate of drug-likeness (QED) is 0.636. The van der Waals surface area contributed by atoms with Crippen LogP contribution in [0.15, 0.2) is 18.3 Å². The first-order valence-corrected chi connectivity index (χ1v) is 3.89. The van der Waals surface area contributed by atoms with Crippen molar-refractivity contribution >= 4 is 11.3 Å². The van der Waals surface area contributed by atoms with E-state index in [0.29, 0.717) is 0 Å². The van der Waals surface area contributed by atoms with Crippen molar-refractivity contribution in [2.45, 2.75) is 13.8 Å². The van der Waals surface area contributed by atoms with Crippen molar-refractivity contribution in [1.82, 2.24) is 9.38 Å². The maximum absolute atomic E-state index is 5.73. The Hall–Kier alpha value is -1.51. The van der Waals surface area contributed by atoms with Gasteiger partial charge in [-0.3, -0.25) is 0 Å². The molecule has 0 aromatic carbocycles. The summed E-state index contributed by atoms with van der Waals surface area (Å²) >= 11 is 0. The van der Waals surface area contributed by atoms with E-state index < -0.39 is 0 Å². The highest BCUT2D eigenvalue weighted by molar-refractivity contribution is 5.65. The highest BCUT2D eigenvalue weighted by atomic mass is 15.0. The van der Waals surface area contributed by atoms with Crippen LogP contribution in [0.25, 0.3) is 5.65 Å². The van der Waals surface area contributed by atoms with Crippen molar-refractivity contribution in [2.75, 3.05) is 5.73 Å². The lowest BCUT2D eigenvalue weighted by atomic mass is 10.3. The average Bonchev–Trinajstić information content (AvgIpc) is 2.33. The Morgan fingerprint density at radius 1 is 1.42 bits per heavy atom. The number of nitrogens with zero attached hydrogens (tertiary/aromatic N) is 2. The molecule has 0 bridgehead atoms. The minimum Gasteiger partial charge on any atom is -0.396 e. The molecule has 2 aromatic heterocycles. The van der Waals surface area contributed by atoms with E-state index in [9.17, 15) is 0 Å². The molecule has 2 aromatic rings. The summed E-state index contributed by atoms with van der Waals surface area (Å²) in [6, 6.07) is 3.90. The van der Waals surface area contributed by atoms with Gasteiger partial charge in [-0.25, -0.2) is 4.98 Å². The van der Waals surface area contributed by atoms with Crippen LogP contribution in [-0.4, -0.2) is 9.38 Å². The van der Waals surface area contributed by atoms with E-state index >= 15 is 0 Å². The lowest BCUT2D eigenvalue weighted by Gasteiger charge is -2.01. The molecule has 0 aliphatic carbocycles. The Balaban J connectivity index is 2.92. The highest BCUT2D eigenvalue weighted by Crippen LogP contribution is 2.14. The first kappa shape index (κ1) is 7.16. The summed E-state index contributed by atoms with van der Waals surface area (Å²) < 4.78 is 1.99. The van der Waals surface area contributed by atoms with Gasteiger partial charge in [0.25, 0.3) is 0 Å². The molecule has 0 radical (unpaired) electrons. The third-order valence-corrected chi connectivity index (χ3v) is 1.97. The number of rotatable bonds is 0. The van der Waals surface area contributed by atoms with Gasteiger partial charge >= 0.3 is 0 Å². The predicted molar refractivity (Wildman–Crippen MR) is 49.1 cm³/mol. The summed E-state index contributed by atoms with van der Waals surface area (Å²) in [6.07, 6.45) is 1.94. The van der Waals surface area contributed by atoms with Crippen molar-refractivity contribution in [2.24, 2.45) is 0 Å². The van der Waals surface area contributed by atoms with Crippen LogP contribution in [0, 0.1) is 13.8 Å². The van der Waals surface area contributed by atoms with Crippen molar-refractivity contribution < 1.29 is 0 Å². The molecule has 0 spiro atoms. The van der Waals surface area contributed by atoms with Gasteiger partial charge in [0.1, 0.15) is 0 Å². The molecule has 3 nitrogen and oxygen atoms in total. The van der Waals surface area contributed by atoms with Crippen LogP contribution < -0.4 is 5.73 Å². The topological polar surface area (TPSA) is 43.3 Å². The maximum Gasteiger partial charge on any atom is 0.160 e. The monoisotopic (exact) mass is 161 g/mol. The number of aryl methyl sites for hydroxylation is 2. The third-order valence-electron chi connectivity index (χ3n) is 1.97. The molecule has 0 saturated carbocycles. The third kappa shape index (κ3) is 0.863. The van der Waals surface area contributed by atoms with Gasteiger partial charge in [0.15, 0.2) is 5.65 Å². The van der Waals surface area contributed by atoms with Gasteiger partial charge in [-0.2, -0.15) is 0 Å². The zero-order valence-corrected chi connectivity index (χ0v) is 7.20. The van der Waals surface area contributed by atoms with E-state index in [1.54, 1.807) is 0 Å². The summed E-state index contributed by atoms with van der Waals surface area (Å²) in [4.78, 5) is 4.33. The highest BCUT2D eigenvalue weighted by Gasteiger charge is 2.02. The molecule has 0 unspecified atom stereocenters. The Kier molecular flexibility index (Phi) is 1.33. The number of hydrogen-bond acceptors (Lipinski definition) is 2. The Morgan fingerprint density at radius 2 is 2.17 bits per heavy atom. The second-order valence-electron chi connectivity index (χ2n) is 3.00. The van der Waals surface area contributed by atoms with Gasteiger partial charge in [0, 0.05) is 17.6 Å². The van der Waals surface area contributed by atoms with Crippen LogP contribution in [0.5, 0.6) is 0 Å². The molecule has 62 valence electrons. The van der Waals surface area contributed by atoms with E-state index in [2.05, 4.69) is 4.98 Å². The second kappa shape index (κ2) is 2.24. The van der Waals surface area contributed by atoms with Gasteiger partial charge in [0.05, 0.1) is 5.69 Å². The standard InChI is InChI=1S/C9H11N3/c1-6-5-7(2)12-4-3-8(10)9(12)11-6/h3-5H,10H2,1-2H3. The Bertz CT molecular complexity index is 429. The number of fused-ring (bicyclic) bond motifs is 1. The fraction of sp³-hybridized carbons (Fsp3) is 0.222. The van der Waals surface area contributed by atoms with Crippen molar-refractivity contribution in [3.63, 3.8) is 0 Å². The van der Waals surface area contributed by atoms with Gasteiger partial charge in [0.2, 0.25) is 0 Å². The lowest BCUT2D eigenvalue weighted by molar-refractivity contribution is 1.03. The molecular formula is C9H11N3. The first-order chi connectivity index (χ1) is 5.68. The predicted octanol–water partition coefficient (Wildman–Crippen LogP) is 1.53. The van der Waals surface area contributed by atoms with Gasteiger partial charge in [-0.05, 0) is 26.0 Å². The van der Waals surface area contributed by atoms with Crippen molar-refractivity contribution in [1.29, 1.82) is 0 Å². The summed E-state index contributed by atoms with van der Waals surface area (Å²) in [7, 11) is 0. The van der Waals surface area contributed by atoms with Crippen LogP contribution in [0.3, 0.4) is 0 Å². The smallest absolute Gasteiger partial charge is 0.160 e. The molecular weight excluding hydrogens is 150 g/mol. The fourth-order valence-corrected chi connectivity index (χ4v) is 1.41. The van der Waals surface area contributed by atoms with E-state index in [1.807, 2.05) is 36.6 Å². The van der Waals surface area contributed by atoms with E-state index in [4.69, 9.17) is 5.73 Å². The van der Waals surface area contributed by atoms with Crippen LogP contribution in [0.4, 0.5) is 5.69 Å². The van der Waals surface area contributed by atoms with E-state index in [0.717, 1.165) is 22.7 Å². The van der Waals surface area contributed by atoms with Crippen molar-refractivity contribution in [3.8, 4) is 0 Å². The minimum atomic E-state index is 0.738. The van der Waals surface area contributed by atoms with E-state index in [-0.39, 0.29) is 0 Å². The number of nitrogens with two attached hydrogens (primary N) is 1. The summed E-state index contributed by atoms with van der Waals surface area (Å²) in [5, 5.41) is 0. The lowest BCUT2D eigenvalue weighted by Crippen LogP contribution is -1.95. The SMILES string of the molecule is Cc1cc(C)n2ccc(N)c2n1. The Labute approximate surface area is 70.8 Å². The van der Waals surface area contributed by atoms with Crippen LogP contribution in [-0.2, 0) is 0 Å². The first-order valence-electron chi connectivity index (χ1n) is 3.89. The molecule has 2 heterocycles. The average molecular weight is 161 g/mol. The zero-order valence-electron chi connectivity index (χ0n) is 7.20. The summed E-state index contributed by atoms with van der Waals surface area (Å²) in [6.45, 7) is 4.01. The van der Waals surface area contributed by atoms with Gasteiger partial charge < -0.3 is 10.1 Å². The zero-order chi connectivity index (χ0) is 8.72. The number of hydrogen-bond donors (Lipinski definition) is 1. The molecule has 0 saturated heterocycles. The minimum absolute atomic E-state index is 0.738. The number of nitrogen functional groups attached to an aromatic ring is 1. The van der Waals surface area contributed by atoms with Crippen molar-refractivity contribution in [3.05, 3.63) is 29.7 Å². The number of aromatic nitrogens is 2. The largest absolute Gasteiger partial charge is 0.396 e. The molecule has 12 heavy (non-hydrogen) atoms. The maximum atomic E-state index is 5.73. The Morgan fingerprint density at radius 3 is 2.92 bits per heavy atom. The fourth-order valence-electron chi connectivity index (χ4n) is 1.41. The molecule has 2 rings (SSSR count). The molecule has 0 amide bonds. The molecule has 0 atom stereocenters. The molecule has 0 fully saturated rings. The molecule has 0 aliphatic rings. The van der Waals surface area contributed by atoms with Crippen LogP contribution in [0.2, 0.25) is 0 Å². The molecule has 2 N–H and O–H groups in total. The van der Waals surface area contributed by atoms with Crippen LogP contribution >= 0.6 is 0 Å². The van der Waals surface area contributed by atoms with Gasteiger partial charge in [-0.1, -0.05) is 0 Å².